The number of carbonyl (C=O) groups excluding carboxylic acids is 1. The Bertz CT molecular complexity index is 457. The van der Waals surface area contributed by atoms with Gasteiger partial charge in [0.25, 0.3) is 0 Å². The molecular formula is C8H13N3O5S. The summed E-state index contributed by atoms with van der Waals surface area (Å²) in [6, 6.07) is 5.42. The van der Waals surface area contributed by atoms with Gasteiger partial charge in [0.2, 0.25) is 0 Å². The number of hydrogen-bond donors (Lipinski definition) is 4. The van der Waals surface area contributed by atoms with Crippen molar-refractivity contribution in [3.8, 4) is 0 Å². The van der Waals surface area contributed by atoms with Crippen molar-refractivity contribution in [2.24, 2.45) is 11.7 Å². The van der Waals surface area contributed by atoms with Crippen molar-refractivity contribution in [2.45, 2.75) is 0 Å². The summed E-state index contributed by atoms with van der Waals surface area (Å²) in [6.45, 7) is 0. The zero-order chi connectivity index (χ0) is 13.5. The van der Waals surface area contributed by atoms with Crippen LogP contribution in [0.4, 0.5) is 5.69 Å². The minimum Gasteiger partial charge on any atom is -0.465 e. The summed E-state index contributed by atoms with van der Waals surface area (Å²) in [6.07, 6.45) is 0. The lowest BCUT2D eigenvalue weighted by molar-refractivity contribution is 0.0601. The summed E-state index contributed by atoms with van der Waals surface area (Å²) in [5.74, 6) is 7.48. The summed E-state index contributed by atoms with van der Waals surface area (Å²) < 4.78 is 35.6. The molecule has 8 nitrogen and oxygen atoms in total. The number of ether oxygens (including phenoxy) is 1. The number of nitrogens with two attached hydrogens (primary N) is 2. The van der Waals surface area contributed by atoms with Crippen LogP contribution in [0.15, 0.2) is 24.3 Å². The van der Waals surface area contributed by atoms with Gasteiger partial charge in [0.05, 0.1) is 18.4 Å². The van der Waals surface area contributed by atoms with E-state index in [9.17, 15) is 13.2 Å². The van der Waals surface area contributed by atoms with Crippen LogP contribution < -0.4 is 16.4 Å². The minimum absolute atomic E-state index is 0.158. The third-order valence-corrected chi connectivity index (χ3v) is 2.05. The lowest BCUT2D eigenvalue weighted by atomic mass is 10.2. The third kappa shape index (κ3) is 5.82. The molecule has 0 bridgehead atoms. The Hall–Kier alpha value is -1.68. The molecule has 9 heteroatoms. The molecule has 0 aliphatic heterocycles. The number of anilines is 1. The topological polar surface area (TPSA) is 145 Å². The van der Waals surface area contributed by atoms with E-state index in [1.807, 2.05) is 4.72 Å². The Balaban J connectivity index is 0.00000121. The molecule has 1 rings (SSSR count). The van der Waals surface area contributed by atoms with Gasteiger partial charge in [-0.15, -0.1) is 0 Å². The first-order valence-electron chi connectivity index (χ1n) is 4.19. The number of methoxy groups -OCH3 is 1. The van der Waals surface area contributed by atoms with Crippen LogP contribution >= 0.6 is 0 Å². The van der Waals surface area contributed by atoms with Crippen molar-refractivity contribution in [2.75, 3.05) is 11.8 Å². The van der Waals surface area contributed by atoms with Crippen LogP contribution in [0.5, 0.6) is 0 Å². The molecule has 0 amide bonds. The van der Waals surface area contributed by atoms with E-state index in [1.54, 1.807) is 0 Å². The van der Waals surface area contributed by atoms with Crippen molar-refractivity contribution in [1.82, 2.24) is 0 Å². The predicted molar refractivity (Wildman–Crippen MR) is 61.3 cm³/mol. The Kier molecular flexibility index (Phi) is 6.13. The number of benzene rings is 1. The van der Waals surface area contributed by atoms with E-state index < -0.39 is 16.3 Å². The van der Waals surface area contributed by atoms with Crippen LogP contribution in [0.1, 0.15) is 10.4 Å². The second kappa shape index (κ2) is 6.81. The van der Waals surface area contributed by atoms with Gasteiger partial charge in [-0.1, -0.05) is 0 Å². The van der Waals surface area contributed by atoms with Crippen LogP contribution in [0.3, 0.4) is 0 Å². The summed E-state index contributed by atoms with van der Waals surface area (Å²) in [5.41, 5.74) is 0.448. The summed E-state index contributed by atoms with van der Waals surface area (Å²) in [5, 5.41) is 0. The van der Waals surface area contributed by atoms with Crippen molar-refractivity contribution < 1.29 is 22.5 Å². The summed E-state index contributed by atoms with van der Waals surface area (Å²) in [7, 11) is -3.04. The van der Waals surface area contributed by atoms with E-state index in [-0.39, 0.29) is 5.69 Å². The van der Waals surface area contributed by atoms with E-state index in [4.69, 9.17) is 4.55 Å². The van der Waals surface area contributed by atoms with Crippen LogP contribution in [0.2, 0.25) is 0 Å². The van der Waals surface area contributed by atoms with Gasteiger partial charge in [-0.25, -0.2) is 4.79 Å². The maximum Gasteiger partial charge on any atom is 0.357 e. The molecule has 0 heterocycles. The number of esters is 1. The molecule has 0 atom stereocenters. The molecule has 1 aromatic carbocycles. The van der Waals surface area contributed by atoms with E-state index >= 15 is 0 Å². The smallest absolute Gasteiger partial charge is 0.357 e. The molecule has 1 aromatic rings. The first kappa shape index (κ1) is 15.3. The number of carbonyl (C=O) groups is 1. The van der Waals surface area contributed by atoms with Gasteiger partial charge in [0.15, 0.2) is 0 Å². The van der Waals surface area contributed by atoms with Crippen molar-refractivity contribution in [3.63, 3.8) is 0 Å². The highest BCUT2D eigenvalue weighted by Gasteiger charge is 2.06. The summed E-state index contributed by atoms with van der Waals surface area (Å²) in [4.78, 5) is 11.0. The maximum atomic E-state index is 11.0. The number of rotatable bonds is 3. The lowest BCUT2D eigenvalue weighted by Crippen LogP contribution is -2.10. The van der Waals surface area contributed by atoms with Gasteiger partial charge in [-0.2, -0.15) is 8.42 Å². The van der Waals surface area contributed by atoms with Gasteiger partial charge in [0, 0.05) is 0 Å². The molecule has 0 aliphatic carbocycles. The second-order valence-electron chi connectivity index (χ2n) is 2.65. The average molecular weight is 263 g/mol. The SMILES string of the molecule is COC(=O)c1ccc(NS(=O)(=O)O)cc1.NN. The monoisotopic (exact) mass is 263 g/mol. The van der Waals surface area contributed by atoms with Crippen LogP contribution in [0.25, 0.3) is 0 Å². The first-order valence-corrected chi connectivity index (χ1v) is 5.63. The van der Waals surface area contributed by atoms with E-state index in [0.29, 0.717) is 5.56 Å². The van der Waals surface area contributed by atoms with E-state index in [2.05, 4.69) is 16.4 Å². The maximum absolute atomic E-state index is 11.0. The third-order valence-electron chi connectivity index (χ3n) is 1.55. The number of hydrazine groups is 1. The normalized spacial score (nSPS) is 9.88. The molecule has 0 radical (unpaired) electrons. The van der Waals surface area contributed by atoms with Crippen molar-refractivity contribution >= 4 is 22.0 Å². The standard InChI is InChI=1S/C8H9NO5S.H4N2/c1-14-8(10)6-2-4-7(5-3-6)9-15(11,12)13;1-2/h2-5,9H,1H3,(H,11,12,13);1-2H2. The fourth-order valence-electron chi connectivity index (χ4n) is 0.941. The molecule has 0 spiro atoms. The largest absolute Gasteiger partial charge is 0.465 e. The highest BCUT2D eigenvalue weighted by molar-refractivity contribution is 7.87. The zero-order valence-electron chi connectivity index (χ0n) is 8.95. The lowest BCUT2D eigenvalue weighted by Gasteiger charge is -2.03. The highest BCUT2D eigenvalue weighted by Crippen LogP contribution is 2.11. The Morgan fingerprint density at radius 1 is 1.29 bits per heavy atom. The van der Waals surface area contributed by atoms with Gasteiger partial charge in [-0.05, 0) is 24.3 Å². The minimum atomic E-state index is -4.28. The molecule has 0 saturated heterocycles. The molecular weight excluding hydrogens is 250 g/mol. The first-order chi connectivity index (χ1) is 7.92. The fourth-order valence-corrected chi connectivity index (χ4v) is 1.38. The van der Waals surface area contributed by atoms with Crippen LogP contribution in [0, 0.1) is 0 Å². The van der Waals surface area contributed by atoms with Crippen molar-refractivity contribution in [1.29, 1.82) is 0 Å². The molecule has 17 heavy (non-hydrogen) atoms. The Morgan fingerprint density at radius 2 is 1.76 bits per heavy atom. The summed E-state index contributed by atoms with van der Waals surface area (Å²) >= 11 is 0. The van der Waals surface area contributed by atoms with Crippen molar-refractivity contribution in [3.05, 3.63) is 29.8 Å². The van der Waals surface area contributed by atoms with E-state index in [1.165, 1.54) is 31.4 Å². The highest BCUT2D eigenvalue weighted by atomic mass is 32.2. The second-order valence-corrected chi connectivity index (χ2v) is 3.80. The molecule has 0 unspecified atom stereocenters. The molecule has 96 valence electrons. The molecule has 0 saturated carbocycles. The average Bonchev–Trinajstić information content (AvgIpc) is 2.29. The predicted octanol–water partition coefficient (Wildman–Crippen LogP) is -0.493. The molecule has 0 fully saturated rings. The molecule has 0 aliphatic rings. The quantitative estimate of drug-likeness (QED) is 0.249. The zero-order valence-corrected chi connectivity index (χ0v) is 9.77. The molecule has 0 aromatic heterocycles. The number of nitrogens with one attached hydrogen (secondary N) is 1. The van der Waals surface area contributed by atoms with Crippen LogP contribution in [-0.2, 0) is 15.0 Å². The Labute approximate surface area is 98.4 Å². The fraction of sp³-hybridized carbons (Fsp3) is 0.125. The Morgan fingerprint density at radius 3 is 2.12 bits per heavy atom. The van der Waals surface area contributed by atoms with E-state index in [0.717, 1.165) is 0 Å². The van der Waals surface area contributed by atoms with Gasteiger partial charge in [0.1, 0.15) is 0 Å². The number of hydrogen-bond acceptors (Lipinski definition) is 6. The van der Waals surface area contributed by atoms with Gasteiger partial charge in [-0.3, -0.25) is 21.0 Å². The van der Waals surface area contributed by atoms with Crippen LogP contribution in [-0.4, -0.2) is 26.0 Å². The molecule has 6 N–H and O–H groups in total. The van der Waals surface area contributed by atoms with Gasteiger partial charge < -0.3 is 4.74 Å². The van der Waals surface area contributed by atoms with Gasteiger partial charge >= 0.3 is 16.3 Å².